The maximum atomic E-state index is 9.83. The summed E-state index contributed by atoms with van der Waals surface area (Å²) in [6.45, 7) is 3.46. The smallest absolute Gasteiger partial charge is 0.231 e. The molecule has 20 heavy (non-hydrogen) atoms. The second kappa shape index (κ2) is 6.69. The van der Waals surface area contributed by atoms with Crippen LogP contribution in [-0.2, 0) is 0 Å². The second-order valence-corrected chi connectivity index (χ2v) is 5.35. The fraction of sp³-hybridized carbons (Fsp3) is 0.769. The fourth-order valence-electron chi connectivity index (χ4n) is 2.36. The van der Waals surface area contributed by atoms with Crippen molar-refractivity contribution in [3.63, 3.8) is 0 Å². The van der Waals surface area contributed by atoms with Gasteiger partial charge in [0.15, 0.2) is 0 Å². The van der Waals surface area contributed by atoms with Gasteiger partial charge in [-0.15, -0.1) is 0 Å². The normalized spacial score (nSPS) is 21.8. The molecule has 0 spiro atoms. The lowest BCUT2D eigenvalue weighted by molar-refractivity contribution is 0.138. The standard InChI is InChI=1S/C13H24N6O/c1-4-14-11-16-12(18-13(17-11)19(2)3)15-8-9-6-5-7-10(9)20/h9-10,20H,4-8H2,1-3H3,(H2,14,15,16,17,18). The number of nitrogens with one attached hydrogen (secondary N) is 2. The molecule has 1 aliphatic carbocycles. The number of aliphatic hydroxyl groups excluding tert-OH is 1. The van der Waals surface area contributed by atoms with Gasteiger partial charge in [0.1, 0.15) is 0 Å². The lowest BCUT2D eigenvalue weighted by atomic mass is 10.1. The van der Waals surface area contributed by atoms with Crippen LogP contribution in [0.3, 0.4) is 0 Å². The topological polar surface area (TPSA) is 86.2 Å². The van der Waals surface area contributed by atoms with Crippen molar-refractivity contribution in [1.29, 1.82) is 0 Å². The van der Waals surface area contributed by atoms with Gasteiger partial charge >= 0.3 is 0 Å². The van der Waals surface area contributed by atoms with E-state index in [0.717, 1.165) is 25.8 Å². The van der Waals surface area contributed by atoms with Crippen LogP contribution in [0.25, 0.3) is 0 Å². The van der Waals surface area contributed by atoms with Crippen LogP contribution in [0.5, 0.6) is 0 Å². The number of nitrogens with zero attached hydrogens (tertiary/aromatic N) is 4. The molecule has 2 unspecified atom stereocenters. The summed E-state index contributed by atoms with van der Waals surface area (Å²) in [5, 5.41) is 16.2. The third kappa shape index (κ3) is 3.69. The van der Waals surface area contributed by atoms with Gasteiger partial charge in [-0.2, -0.15) is 15.0 Å². The quantitative estimate of drug-likeness (QED) is 0.715. The number of aromatic nitrogens is 3. The highest BCUT2D eigenvalue weighted by atomic mass is 16.3. The molecule has 1 aromatic heterocycles. The van der Waals surface area contributed by atoms with Crippen molar-refractivity contribution in [3.05, 3.63) is 0 Å². The van der Waals surface area contributed by atoms with Gasteiger partial charge in [0.05, 0.1) is 6.10 Å². The molecule has 112 valence electrons. The van der Waals surface area contributed by atoms with E-state index in [4.69, 9.17) is 0 Å². The third-order valence-electron chi connectivity index (χ3n) is 3.50. The molecule has 2 rings (SSSR count). The Labute approximate surface area is 119 Å². The molecule has 1 aromatic rings. The minimum Gasteiger partial charge on any atom is -0.393 e. The van der Waals surface area contributed by atoms with Gasteiger partial charge in [0.2, 0.25) is 17.8 Å². The molecule has 1 saturated carbocycles. The first-order valence-electron chi connectivity index (χ1n) is 7.19. The molecule has 2 atom stereocenters. The molecule has 7 heteroatoms. The van der Waals surface area contributed by atoms with Gasteiger partial charge in [-0.3, -0.25) is 0 Å². The van der Waals surface area contributed by atoms with Gasteiger partial charge in [0, 0.05) is 33.1 Å². The van der Waals surface area contributed by atoms with Crippen LogP contribution in [0.1, 0.15) is 26.2 Å². The van der Waals surface area contributed by atoms with E-state index in [1.807, 2.05) is 25.9 Å². The van der Waals surface area contributed by atoms with Crippen molar-refractivity contribution in [3.8, 4) is 0 Å². The van der Waals surface area contributed by atoms with Crippen molar-refractivity contribution in [2.75, 3.05) is 42.7 Å². The molecular formula is C13H24N6O. The molecule has 0 aromatic carbocycles. The maximum Gasteiger partial charge on any atom is 0.231 e. The molecule has 1 aliphatic rings. The molecule has 0 aliphatic heterocycles. The first-order valence-corrected chi connectivity index (χ1v) is 7.19. The van der Waals surface area contributed by atoms with Gasteiger partial charge in [0.25, 0.3) is 0 Å². The Morgan fingerprint density at radius 3 is 2.40 bits per heavy atom. The van der Waals surface area contributed by atoms with Crippen LogP contribution >= 0.6 is 0 Å². The number of anilines is 3. The van der Waals surface area contributed by atoms with E-state index in [9.17, 15) is 5.11 Å². The maximum absolute atomic E-state index is 9.83. The van der Waals surface area contributed by atoms with Gasteiger partial charge in [-0.05, 0) is 19.8 Å². The minimum absolute atomic E-state index is 0.203. The molecule has 1 fully saturated rings. The summed E-state index contributed by atoms with van der Waals surface area (Å²) in [6.07, 6.45) is 2.84. The number of hydrogen-bond donors (Lipinski definition) is 3. The first-order chi connectivity index (χ1) is 9.60. The predicted octanol–water partition coefficient (Wildman–Crippen LogP) is 0.942. The summed E-state index contributed by atoms with van der Waals surface area (Å²) in [5.74, 6) is 2.03. The third-order valence-corrected chi connectivity index (χ3v) is 3.50. The van der Waals surface area contributed by atoms with Gasteiger partial charge in [-0.25, -0.2) is 0 Å². The SMILES string of the molecule is CCNc1nc(NCC2CCCC2O)nc(N(C)C)n1. The van der Waals surface area contributed by atoms with Crippen molar-refractivity contribution in [2.45, 2.75) is 32.3 Å². The van der Waals surface area contributed by atoms with E-state index in [1.165, 1.54) is 0 Å². The highest BCUT2D eigenvalue weighted by Gasteiger charge is 2.25. The van der Waals surface area contributed by atoms with Crippen molar-refractivity contribution in [2.24, 2.45) is 5.92 Å². The molecule has 0 bridgehead atoms. The van der Waals surface area contributed by atoms with Crippen molar-refractivity contribution < 1.29 is 5.11 Å². The van der Waals surface area contributed by atoms with Gasteiger partial charge in [-0.1, -0.05) is 6.42 Å². The Balaban J connectivity index is 2.05. The van der Waals surface area contributed by atoms with E-state index in [-0.39, 0.29) is 12.0 Å². The zero-order valence-electron chi connectivity index (χ0n) is 12.4. The van der Waals surface area contributed by atoms with Crippen LogP contribution in [-0.4, -0.2) is 53.3 Å². The first kappa shape index (κ1) is 14.8. The Bertz CT molecular complexity index is 439. The largest absolute Gasteiger partial charge is 0.393 e. The predicted molar refractivity (Wildman–Crippen MR) is 80.2 cm³/mol. The summed E-state index contributed by atoms with van der Waals surface area (Å²) in [4.78, 5) is 14.9. The van der Waals surface area contributed by atoms with Crippen LogP contribution < -0.4 is 15.5 Å². The Morgan fingerprint density at radius 2 is 1.85 bits per heavy atom. The number of hydrogen-bond acceptors (Lipinski definition) is 7. The van der Waals surface area contributed by atoms with Crippen LogP contribution in [0.2, 0.25) is 0 Å². The Morgan fingerprint density at radius 1 is 1.15 bits per heavy atom. The molecule has 0 saturated heterocycles. The fourth-order valence-corrected chi connectivity index (χ4v) is 2.36. The average molecular weight is 280 g/mol. The summed E-state index contributed by atoms with van der Waals surface area (Å²) in [7, 11) is 3.80. The molecule has 1 heterocycles. The number of rotatable bonds is 6. The Hall–Kier alpha value is -1.63. The van der Waals surface area contributed by atoms with Crippen LogP contribution in [0, 0.1) is 5.92 Å². The summed E-state index contributed by atoms with van der Waals surface area (Å²) >= 11 is 0. The summed E-state index contributed by atoms with van der Waals surface area (Å²) in [6, 6.07) is 0. The highest BCUT2D eigenvalue weighted by molar-refractivity contribution is 5.42. The van der Waals surface area contributed by atoms with Crippen LogP contribution in [0.15, 0.2) is 0 Å². The highest BCUT2D eigenvalue weighted by Crippen LogP contribution is 2.25. The van der Waals surface area contributed by atoms with E-state index in [0.29, 0.717) is 24.4 Å². The molecular weight excluding hydrogens is 256 g/mol. The molecule has 0 radical (unpaired) electrons. The summed E-state index contributed by atoms with van der Waals surface area (Å²) in [5.41, 5.74) is 0. The zero-order valence-corrected chi connectivity index (χ0v) is 12.4. The lowest BCUT2D eigenvalue weighted by Gasteiger charge is -2.17. The number of aliphatic hydroxyl groups is 1. The second-order valence-electron chi connectivity index (χ2n) is 5.35. The van der Waals surface area contributed by atoms with E-state index < -0.39 is 0 Å². The molecule has 0 amide bonds. The van der Waals surface area contributed by atoms with Crippen LogP contribution in [0.4, 0.5) is 17.8 Å². The molecule has 7 nitrogen and oxygen atoms in total. The van der Waals surface area contributed by atoms with E-state index >= 15 is 0 Å². The monoisotopic (exact) mass is 280 g/mol. The van der Waals surface area contributed by atoms with E-state index in [1.54, 1.807) is 0 Å². The lowest BCUT2D eigenvalue weighted by Crippen LogP contribution is -2.24. The Kier molecular flexibility index (Phi) is 4.94. The van der Waals surface area contributed by atoms with Crippen molar-refractivity contribution in [1.82, 2.24) is 15.0 Å². The summed E-state index contributed by atoms with van der Waals surface area (Å²) < 4.78 is 0. The van der Waals surface area contributed by atoms with Gasteiger partial charge < -0.3 is 20.6 Å². The molecule has 3 N–H and O–H groups in total. The zero-order chi connectivity index (χ0) is 14.5. The average Bonchev–Trinajstić information content (AvgIpc) is 2.82. The van der Waals surface area contributed by atoms with Crippen molar-refractivity contribution >= 4 is 17.8 Å². The minimum atomic E-state index is -0.203. The van der Waals surface area contributed by atoms with E-state index in [2.05, 4.69) is 25.6 Å².